The third-order valence-corrected chi connectivity index (χ3v) is 0.944. The van der Waals surface area contributed by atoms with E-state index in [9.17, 15) is 9.59 Å². The highest BCUT2D eigenvalue weighted by Crippen LogP contribution is 2.01. The molecule has 0 N–H and O–H groups in total. The van der Waals surface area contributed by atoms with Gasteiger partial charge in [0.1, 0.15) is 12.6 Å². The standard InChI is InChI=1S/C6H7NO2/c7-5-6(1-3-8)2-4-9/h3-4,6H,1-2H2. The molecule has 0 aromatic rings. The minimum atomic E-state index is -0.417. The van der Waals surface area contributed by atoms with Crippen molar-refractivity contribution in [3.8, 4) is 6.07 Å². The van der Waals surface area contributed by atoms with Crippen LogP contribution in [0.5, 0.6) is 0 Å². The molecule has 0 radical (unpaired) electrons. The Labute approximate surface area is 53.3 Å². The fraction of sp³-hybridized carbons (Fsp3) is 0.500. The van der Waals surface area contributed by atoms with Crippen LogP contribution >= 0.6 is 0 Å². The third-order valence-electron chi connectivity index (χ3n) is 0.944. The topological polar surface area (TPSA) is 57.9 Å². The average molecular weight is 125 g/mol. The van der Waals surface area contributed by atoms with E-state index in [1.165, 1.54) is 0 Å². The fourth-order valence-corrected chi connectivity index (χ4v) is 0.434. The molecule has 0 aliphatic heterocycles. The quantitative estimate of drug-likeness (QED) is 0.508. The zero-order valence-electron chi connectivity index (χ0n) is 4.91. The van der Waals surface area contributed by atoms with Crippen molar-refractivity contribution in [1.82, 2.24) is 0 Å². The van der Waals surface area contributed by atoms with E-state index in [1.807, 2.05) is 6.07 Å². The van der Waals surface area contributed by atoms with E-state index in [1.54, 1.807) is 0 Å². The predicted molar refractivity (Wildman–Crippen MR) is 30.5 cm³/mol. The van der Waals surface area contributed by atoms with Gasteiger partial charge in [0, 0.05) is 12.8 Å². The smallest absolute Gasteiger partial charge is 0.121 e. The molecule has 0 bridgehead atoms. The van der Waals surface area contributed by atoms with Crippen molar-refractivity contribution in [1.29, 1.82) is 5.26 Å². The zero-order chi connectivity index (χ0) is 7.11. The second-order valence-corrected chi connectivity index (χ2v) is 1.63. The van der Waals surface area contributed by atoms with Crippen molar-refractivity contribution < 1.29 is 9.59 Å². The molecule has 0 saturated carbocycles. The largest absolute Gasteiger partial charge is 0.303 e. The minimum Gasteiger partial charge on any atom is -0.303 e. The van der Waals surface area contributed by atoms with E-state index >= 15 is 0 Å². The molecule has 0 aliphatic rings. The van der Waals surface area contributed by atoms with Gasteiger partial charge < -0.3 is 9.59 Å². The molecule has 0 fully saturated rings. The summed E-state index contributed by atoms with van der Waals surface area (Å²) in [5.74, 6) is -0.417. The van der Waals surface area contributed by atoms with Crippen molar-refractivity contribution in [2.24, 2.45) is 5.92 Å². The monoisotopic (exact) mass is 125 g/mol. The summed E-state index contributed by atoms with van der Waals surface area (Å²) < 4.78 is 0. The second kappa shape index (κ2) is 4.98. The van der Waals surface area contributed by atoms with Crippen molar-refractivity contribution >= 4 is 12.6 Å². The summed E-state index contributed by atoms with van der Waals surface area (Å²) in [6.45, 7) is 0. The Kier molecular flexibility index (Phi) is 4.33. The van der Waals surface area contributed by atoms with Crippen molar-refractivity contribution in [3.05, 3.63) is 0 Å². The first-order valence-corrected chi connectivity index (χ1v) is 2.62. The summed E-state index contributed by atoms with van der Waals surface area (Å²) in [4.78, 5) is 19.6. The highest BCUT2D eigenvalue weighted by atomic mass is 16.1. The van der Waals surface area contributed by atoms with E-state index in [4.69, 9.17) is 5.26 Å². The van der Waals surface area contributed by atoms with Gasteiger partial charge in [-0.3, -0.25) is 0 Å². The molecule has 0 unspecified atom stereocenters. The van der Waals surface area contributed by atoms with E-state index in [2.05, 4.69) is 0 Å². The molecule has 0 aromatic heterocycles. The van der Waals surface area contributed by atoms with Crippen molar-refractivity contribution in [2.75, 3.05) is 0 Å². The summed E-state index contributed by atoms with van der Waals surface area (Å²) in [5, 5.41) is 8.22. The predicted octanol–water partition coefficient (Wildman–Crippen LogP) is 0.304. The van der Waals surface area contributed by atoms with Gasteiger partial charge in [0.2, 0.25) is 0 Å². The Morgan fingerprint density at radius 3 is 2.00 bits per heavy atom. The van der Waals surface area contributed by atoms with E-state index in [0.29, 0.717) is 12.6 Å². The lowest BCUT2D eigenvalue weighted by molar-refractivity contribution is -0.109. The maximum absolute atomic E-state index is 9.78. The van der Waals surface area contributed by atoms with Gasteiger partial charge in [-0.1, -0.05) is 0 Å². The van der Waals surface area contributed by atoms with Crippen LogP contribution in [0.15, 0.2) is 0 Å². The molecule has 48 valence electrons. The first-order chi connectivity index (χ1) is 4.35. The van der Waals surface area contributed by atoms with Crippen LogP contribution in [0.25, 0.3) is 0 Å². The molecular formula is C6H7NO2. The SMILES string of the molecule is N#CC(CC=O)CC=O. The molecule has 0 aromatic carbocycles. The maximum Gasteiger partial charge on any atom is 0.121 e. The third kappa shape index (κ3) is 3.42. The first kappa shape index (κ1) is 7.83. The molecule has 0 saturated heterocycles. The molecule has 0 rings (SSSR count). The molecule has 9 heavy (non-hydrogen) atoms. The van der Waals surface area contributed by atoms with Gasteiger partial charge in [-0.2, -0.15) is 5.26 Å². The van der Waals surface area contributed by atoms with Crippen molar-refractivity contribution in [2.45, 2.75) is 12.8 Å². The summed E-state index contributed by atoms with van der Waals surface area (Å²) in [7, 11) is 0. The number of rotatable bonds is 4. The van der Waals surface area contributed by atoms with Gasteiger partial charge in [0.15, 0.2) is 0 Å². The van der Waals surface area contributed by atoms with Gasteiger partial charge in [-0.05, 0) is 0 Å². The Bertz CT molecular complexity index is 126. The van der Waals surface area contributed by atoms with Gasteiger partial charge in [0.25, 0.3) is 0 Å². The lowest BCUT2D eigenvalue weighted by Crippen LogP contribution is -1.97. The number of aldehydes is 2. The van der Waals surface area contributed by atoms with Crippen LogP contribution in [0, 0.1) is 17.2 Å². The van der Waals surface area contributed by atoms with Crippen LogP contribution in [0.1, 0.15) is 12.8 Å². The number of nitriles is 1. The van der Waals surface area contributed by atoms with Crippen LogP contribution in [0.2, 0.25) is 0 Å². The van der Waals surface area contributed by atoms with Gasteiger partial charge in [0.05, 0.1) is 12.0 Å². The second-order valence-electron chi connectivity index (χ2n) is 1.63. The maximum atomic E-state index is 9.78. The van der Waals surface area contributed by atoms with Gasteiger partial charge >= 0.3 is 0 Å². The minimum absolute atomic E-state index is 0.162. The lowest BCUT2D eigenvalue weighted by atomic mass is 10.1. The van der Waals surface area contributed by atoms with E-state index < -0.39 is 5.92 Å². The van der Waals surface area contributed by atoms with Gasteiger partial charge in [-0.15, -0.1) is 0 Å². The Hall–Kier alpha value is -1.17. The van der Waals surface area contributed by atoms with E-state index in [-0.39, 0.29) is 12.8 Å². The highest BCUT2D eigenvalue weighted by Gasteiger charge is 2.03. The molecule has 3 heteroatoms. The van der Waals surface area contributed by atoms with Crippen LogP contribution in [-0.2, 0) is 9.59 Å². The van der Waals surface area contributed by atoms with Gasteiger partial charge in [-0.25, -0.2) is 0 Å². The average Bonchev–Trinajstić information content (AvgIpc) is 1.88. The summed E-state index contributed by atoms with van der Waals surface area (Å²) in [5.41, 5.74) is 0. The van der Waals surface area contributed by atoms with Crippen LogP contribution in [0.4, 0.5) is 0 Å². The summed E-state index contributed by atoms with van der Waals surface area (Å²) >= 11 is 0. The van der Waals surface area contributed by atoms with Crippen LogP contribution in [0.3, 0.4) is 0 Å². The lowest BCUT2D eigenvalue weighted by Gasteiger charge is -1.94. The molecule has 0 aliphatic carbocycles. The number of hydrogen-bond acceptors (Lipinski definition) is 3. The molecule has 0 atom stereocenters. The Morgan fingerprint density at radius 1 is 1.33 bits per heavy atom. The number of carbonyl (C=O) groups is 2. The summed E-state index contributed by atoms with van der Waals surface area (Å²) in [6, 6.07) is 1.84. The number of nitrogens with zero attached hydrogens (tertiary/aromatic N) is 1. The Balaban J connectivity index is 3.56. The van der Waals surface area contributed by atoms with E-state index in [0.717, 1.165) is 0 Å². The molecule has 3 nitrogen and oxygen atoms in total. The fourth-order valence-electron chi connectivity index (χ4n) is 0.434. The molecule has 0 heterocycles. The van der Waals surface area contributed by atoms with Crippen molar-refractivity contribution in [3.63, 3.8) is 0 Å². The first-order valence-electron chi connectivity index (χ1n) is 2.62. The van der Waals surface area contributed by atoms with Crippen LogP contribution < -0.4 is 0 Å². The highest BCUT2D eigenvalue weighted by molar-refractivity contribution is 5.55. The summed E-state index contributed by atoms with van der Waals surface area (Å²) in [6.07, 6.45) is 1.62. The zero-order valence-corrected chi connectivity index (χ0v) is 4.91. The van der Waals surface area contributed by atoms with Crippen LogP contribution in [-0.4, -0.2) is 12.6 Å². The number of hydrogen-bond donors (Lipinski definition) is 0. The Morgan fingerprint density at radius 2 is 1.78 bits per heavy atom. The molecular weight excluding hydrogens is 118 g/mol. The number of carbonyl (C=O) groups excluding carboxylic acids is 2. The normalized spacial score (nSPS) is 8.44. The molecule has 0 spiro atoms. The molecule has 0 amide bonds.